The number of esters is 1. The van der Waals surface area contributed by atoms with E-state index in [1.807, 2.05) is 24.3 Å². The Morgan fingerprint density at radius 3 is 2.76 bits per heavy atom. The molecule has 1 saturated heterocycles. The third kappa shape index (κ3) is 3.76. The highest BCUT2D eigenvalue weighted by molar-refractivity contribution is 5.82. The number of carbonyl (C=O) groups is 2. The van der Waals surface area contributed by atoms with Crippen LogP contribution in [0.25, 0.3) is 11.1 Å². The van der Waals surface area contributed by atoms with Crippen molar-refractivity contribution in [2.24, 2.45) is 0 Å². The fourth-order valence-electron chi connectivity index (χ4n) is 4.06. The molecular formula is C23H23NO5. The van der Waals surface area contributed by atoms with Gasteiger partial charge in [-0.3, -0.25) is 4.90 Å². The van der Waals surface area contributed by atoms with Gasteiger partial charge < -0.3 is 14.6 Å². The Balaban J connectivity index is 1.45. The first kappa shape index (κ1) is 19.2. The number of aliphatic hydroxyl groups excluding tert-OH is 1. The van der Waals surface area contributed by atoms with Crippen LogP contribution in [0.15, 0.2) is 55.1 Å². The van der Waals surface area contributed by atoms with Gasteiger partial charge in [0.05, 0.1) is 12.6 Å². The highest BCUT2D eigenvalue weighted by Gasteiger charge is 2.41. The first-order chi connectivity index (χ1) is 14.1. The van der Waals surface area contributed by atoms with E-state index in [2.05, 4.69) is 24.8 Å². The van der Waals surface area contributed by atoms with Gasteiger partial charge in [0.15, 0.2) is 0 Å². The van der Waals surface area contributed by atoms with E-state index in [1.54, 1.807) is 0 Å². The molecule has 0 aromatic heterocycles. The molecule has 6 heteroatoms. The second-order valence-corrected chi connectivity index (χ2v) is 7.31. The van der Waals surface area contributed by atoms with E-state index in [-0.39, 0.29) is 26.2 Å². The van der Waals surface area contributed by atoms with Crippen LogP contribution in [0.2, 0.25) is 0 Å². The van der Waals surface area contributed by atoms with E-state index in [0.29, 0.717) is 0 Å². The molecule has 2 aromatic rings. The van der Waals surface area contributed by atoms with E-state index in [0.717, 1.165) is 23.1 Å². The number of nitrogens with zero attached hydrogens (tertiary/aromatic N) is 1. The highest BCUT2D eigenvalue weighted by Crippen LogP contribution is 2.38. The Labute approximate surface area is 169 Å². The van der Waals surface area contributed by atoms with E-state index in [9.17, 15) is 14.7 Å². The van der Waals surface area contributed by atoms with E-state index in [1.165, 1.54) is 22.1 Å². The van der Waals surface area contributed by atoms with Crippen molar-refractivity contribution < 1.29 is 24.2 Å². The summed E-state index contributed by atoms with van der Waals surface area (Å²) >= 11 is 0. The fourth-order valence-corrected chi connectivity index (χ4v) is 4.06. The molecule has 6 nitrogen and oxygen atoms in total. The van der Waals surface area contributed by atoms with E-state index < -0.39 is 24.2 Å². The van der Waals surface area contributed by atoms with Crippen molar-refractivity contribution in [1.29, 1.82) is 0 Å². The van der Waals surface area contributed by atoms with Crippen molar-refractivity contribution in [2.45, 2.75) is 31.6 Å². The maximum atomic E-state index is 12.6. The number of carbonyl (C=O) groups excluding carboxylic acids is 2. The zero-order valence-electron chi connectivity index (χ0n) is 16.0. The molecule has 1 unspecified atom stereocenters. The third-order valence-electron chi connectivity index (χ3n) is 5.43. The molecule has 0 saturated carbocycles. The minimum Gasteiger partial charge on any atom is -0.460 e. The molecule has 2 atom stereocenters. The van der Waals surface area contributed by atoms with Crippen LogP contribution in [-0.2, 0) is 27.3 Å². The van der Waals surface area contributed by atoms with Crippen LogP contribution in [0, 0.1) is 0 Å². The van der Waals surface area contributed by atoms with Gasteiger partial charge in [-0.05, 0) is 34.2 Å². The number of likely N-dealkylation sites (tertiary alicyclic amines) is 1. The van der Waals surface area contributed by atoms with Crippen molar-refractivity contribution in [2.75, 3.05) is 13.2 Å². The van der Waals surface area contributed by atoms with Gasteiger partial charge in [0.1, 0.15) is 19.3 Å². The molecule has 1 amide bonds. The minimum atomic E-state index is -0.844. The van der Waals surface area contributed by atoms with Crippen LogP contribution in [0.4, 0.5) is 4.79 Å². The predicted molar refractivity (Wildman–Crippen MR) is 107 cm³/mol. The van der Waals surface area contributed by atoms with Gasteiger partial charge in [0, 0.05) is 6.42 Å². The monoisotopic (exact) mass is 393 g/mol. The maximum absolute atomic E-state index is 12.6. The number of rotatable bonds is 5. The van der Waals surface area contributed by atoms with Gasteiger partial charge in [-0.15, -0.1) is 0 Å². The molecule has 29 heavy (non-hydrogen) atoms. The van der Waals surface area contributed by atoms with Crippen molar-refractivity contribution in [3.63, 3.8) is 0 Å². The van der Waals surface area contributed by atoms with E-state index in [4.69, 9.17) is 9.47 Å². The molecule has 1 aliphatic heterocycles. The molecule has 1 heterocycles. The van der Waals surface area contributed by atoms with E-state index >= 15 is 0 Å². The third-order valence-corrected chi connectivity index (χ3v) is 5.43. The zero-order chi connectivity index (χ0) is 20.4. The molecule has 4 rings (SSSR count). The normalized spacial score (nSPS) is 19.4. The van der Waals surface area contributed by atoms with Gasteiger partial charge in [-0.25, -0.2) is 9.59 Å². The molecule has 2 aliphatic rings. The molecule has 0 bridgehead atoms. The van der Waals surface area contributed by atoms with Crippen LogP contribution in [0.1, 0.15) is 23.1 Å². The smallest absolute Gasteiger partial charge is 0.410 e. The summed E-state index contributed by atoms with van der Waals surface area (Å²) in [6.45, 7) is 3.72. The first-order valence-electron chi connectivity index (χ1n) is 9.66. The number of aliphatic hydroxyl groups is 1. The standard InChI is InChI=1S/C23H23NO5/c1-2-10-28-22(26)21-12-17(25)13-24(21)23(27)29-14-16-7-5-9-19-18-8-4-3-6-15(18)11-20(16)19/h2-9,17,21,25H,1,10-14H2/t17?,21-/m0/s1. The maximum Gasteiger partial charge on any atom is 0.410 e. The lowest BCUT2D eigenvalue weighted by atomic mass is 10.0. The van der Waals surface area contributed by atoms with Gasteiger partial charge in [-0.2, -0.15) is 0 Å². The van der Waals surface area contributed by atoms with Gasteiger partial charge in [-0.1, -0.05) is 55.1 Å². The lowest BCUT2D eigenvalue weighted by Crippen LogP contribution is -2.41. The quantitative estimate of drug-likeness (QED) is 0.533. The first-order valence-corrected chi connectivity index (χ1v) is 9.66. The fraction of sp³-hybridized carbons (Fsp3) is 0.304. The van der Waals surface area contributed by atoms with Crippen molar-refractivity contribution >= 4 is 12.1 Å². The van der Waals surface area contributed by atoms with Crippen LogP contribution in [0.3, 0.4) is 0 Å². The Hall–Kier alpha value is -3.12. The van der Waals surface area contributed by atoms with Gasteiger partial charge in [0.2, 0.25) is 0 Å². The van der Waals surface area contributed by atoms with Crippen molar-refractivity contribution in [3.05, 3.63) is 71.8 Å². The summed E-state index contributed by atoms with van der Waals surface area (Å²) in [6.07, 6.45) is 0.994. The second kappa shape index (κ2) is 8.09. The summed E-state index contributed by atoms with van der Waals surface area (Å²) in [5.74, 6) is -0.561. The largest absolute Gasteiger partial charge is 0.460 e. The summed E-state index contributed by atoms with van der Waals surface area (Å²) in [6, 6.07) is 13.4. The Morgan fingerprint density at radius 1 is 1.14 bits per heavy atom. The summed E-state index contributed by atoms with van der Waals surface area (Å²) in [7, 11) is 0. The molecule has 1 fully saturated rings. The SMILES string of the molecule is C=CCOC(=O)[C@@H]1CC(O)CN1C(=O)OCc1cccc2c1Cc1ccccc1-2. The number of hydrogen-bond donors (Lipinski definition) is 1. The van der Waals surface area contributed by atoms with Crippen LogP contribution in [-0.4, -0.2) is 47.4 Å². The Bertz CT molecular complexity index is 954. The van der Waals surface area contributed by atoms with Crippen LogP contribution in [0.5, 0.6) is 0 Å². The molecule has 0 radical (unpaired) electrons. The van der Waals surface area contributed by atoms with Gasteiger partial charge in [0.25, 0.3) is 0 Å². The molecule has 1 aliphatic carbocycles. The number of β-amino-alcohol motifs (C(OH)–C–C–N with tert-alkyl or cyclic N) is 1. The number of amides is 1. The molecular weight excluding hydrogens is 370 g/mol. The van der Waals surface area contributed by atoms with Crippen molar-refractivity contribution in [3.8, 4) is 11.1 Å². The highest BCUT2D eigenvalue weighted by atomic mass is 16.6. The Morgan fingerprint density at radius 2 is 1.93 bits per heavy atom. The van der Waals surface area contributed by atoms with Crippen molar-refractivity contribution in [1.82, 2.24) is 4.90 Å². The average Bonchev–Trinajstić information content (AvgIpc) is 3.31. The molecule has 0 spiro atoms. The summed E-state index contributed by atoms with van der Waals surface area (Å²) in [5.41, 5.74) is 5.73. The topological polar surface area (TPSA) is 76.1 Å². The van der Waals surface area contributed by atoms with Gasteiger partial charge >= 0.3 is 12.1 Å². The average molecular weight is 393 g/mol. The van der Waals surface area contributed by atoms with Crippen LogP contribution >= 0.6 is 0 Å². The molecule has 1 N–H and O–H groups in total. The molecule has 2 aromatic carbocycles. The summed E-state index contributed by atoms with van der Waals surface area (Å²) in [5, 5.41) is 9.93. The summed E-state index contributed by atoms with van der Waals surface area (Å²) in [4.78, 5) is 26.1. The number of ether oxygens (including phenoxy) is 2. The van der Waals surface area contributed by atoms with Crippen LogP contribution < -0.4 is 0 Å². The second-order valence-electron chi connectivity index (χ2n) is 7.31. The minimum absolute atomic E-state index is 0.0467. The zero-order valence-corrected chi connectivity index (χ0v) is 16.0. The molecule has 150 valence electrons. The lowest BCUT2D eigenvalue weighted by Gasteiger charge is -2.22. The lowest BCUT2D eigenvalue weighted by molar-refractivity contribution is -0.147. The predicted octanol–water partition coefficient (Wildman–Crippen LogP) is 3.06. The number of hydrogen-bond acceptors (Lipinski definition) is 5. The summed E-state index contributed by atoms with van der Waals surface area (Å²) < 4.78 is 10.6. The number of benzene rings is 2. The Kier molecular flexibility index (Phi) is 5.36. The number of fused-ring (bicyclic) bond motifs is 3.